The Morgan fingerprint density at radius 3 is 3.12 bits per heavy atom. The van der Waals surface area contributed by atoms with Crippen molar-refractivity contribution in [3.05, 3.63) is 28.3 Å². The fourth-order valence-corrected chi connectivity index (χ4v) is 2.34. The number of rotatable bonds is 4. The Kier molecular flexibility index (Phi) is 3.88. The van der Waals surface area contributed by atoms with Crippen molar-refractivity contribution in [1.29, 1.82) is 5.26 Å². The Morgan fingerprint density at radius 1 is 1.53 bits per heavy atom. The molecule has 0 N–H and O–H groups in total. The third kappa shape index (κ3) is 2.91. The molecule has 1 aromatic carbocycles. The van der Waals surface area contributed by atoms with Crippen LogP contribution < -0.4 is 4.74 Å². The monoisotopic (exact) mass is 250 g/mol. The average molecular weight is 251 g/mol. The lowest BCUT2D eigenvalue weighted by Gasteiger charge is -2.17. The normalized spacial score (nSPS) is 13.3. The van der Waals surface area contributed by atoms with Crippen molar-refractivity contribution in [1.82, 2.24) is 4.90 Å². The summed E-state index contributed by atoms with van der Waals surface area (Å²) < 4.78 is 5.64. The molecule has 17 heavy (non-hydrogen) atoms. The molecule has 0 amide bonds. The molecule has 0 spiro atoms. The number of nitrogens with zero attached hydrogens (tertiary/aromatic N) is 2. The van der Waals surface area contributed by atoms with Gasteiger partial charge in [0.1, 0.15) is 5.75 Å². The molecule has 0 fully saturated rings. The van der Waals surface area contributed by atoms with Crippen LogP contribution in [0.1, 0.15) is 17.5 Å². The van der Waals surface area contributed by atoms with Crippen molar-refractivity contribution in [2.45, 2.75) is 19.4 Å². The summed E-state index contributed by atoms with van der Waals surface area (Å²) in [6, 6.07) is 6.08. The summed E-state index contributed by atoms with van der Waals surface area (Å²) >= 11 is 6.09. The van der Waals surface area contributed by atoms with Crippen LogP contribution in [0.15, 0.2) is 12.1 Å². The van der Waals surface area contributed by atoms with Crippen LogP contribution in [0.3, 0.4) is 0 Å². The van der Waals surface area contributed by atoms with Crippen LogP contribution in [-0.2, 0) is 13.0 Å². The van der Waals surface area contributed by atoms with Crippen molar-refractivity contribution in [2.75, 3.05) is 20.2 Å². The van der Waals surface area contributed by atoms with Gasteiger partial charge in [-0.1, -0.05) is 11.6 Å². The van der Waals surface area contributed by atoms with Gasteiger partial charge in [-0.25, -0.2) is 0 Å². The van der Waals surface area contributed by atoms with Gasteiger partial charge >= 0.3 is 0 Å². The van der Waals surface area contributed by atoms with Crippen molar-refractivity contribution in [3.8, 4) is 11.8 Å². The summed E-state index contributed by atoms with van der Waals surface area (Å²) in [5, 5.41) is 9.32. The van der Waals surface area contributed by atoms with E-state index in [2.05, 4.69) is 11.0 Å². The first kappa shape index (κ1) is 12.2. The molecule has 90 valence electrons. The van der Waals surface area contributed by atoms with Gasteiger partial charge in [0, 0.05) is 36.5 Å². The highest BCUT2D eigenvalue weighted by atomic mass is 35.5. The van der Waals surface area contributed by atoms with Gasteiger partial charge in [0.2, 0.25) is 0 Å². The fourth-order valence-electron chi connectivity index (χ4n) is 2.07. The maximum Gasteiger partial charge on any atom is 0.127 e. The summed E-state index contributed by atoms with van der Waals surface area (Å²) in [4.78, 5) is 2.11. The molecule has 0 aromatic heterocycles. The van der Waals surface area contributed by atoms with Crippen molar-refractivity contribution in [3.63, 3.8) is 0 Å². The van der Waals surface area contributed by atoms with Crippen molar-refractivity contribution in [2.24, 2.45) is 0 Å². The molecule has 4 heteroatoms. The van der Waals surface area contributed by atoms with E-state index in [1.807, 2.05) is 19.2 Å². The predicted octanol–water partition coefficient (Wildman–Crippen LogP) is 2.62. The summed E-state index contributed by atoms with van der Waals surface area (Å²) in [5.41, 5.74) is 2.31. The summed E-state index contributed by atoms with van der Waals surface area (Å²) in [5.74, 6) is 0.984. The number of hydrogen-bond acceptors (Lipinski definition) is 3. The van der Waals surface area contributed by atoms with E-state index in [1.165, 1.54) is 5.56 Å². The number of benzene rings is 1. The van der Waals surface area contributed by atoms with E-state index in [-0.39, 0.29) is 0 Å². The molecule has 3 nitrogen and oxygen atoms in total. The van der Waals surface area contributed by atoms with Crippen LogP contribution in [0.4, 0.5) is 0 Å². The molecular weight excluding hydrogens is 236 g/mol. The van der Waals surface area contributed by atoms with E-state index in [4.69, 9.17) is 21.6 Å². The molecule has 0 saturated carbocycles. The highest BCUT2D eigenvalue weighted by molar-refractivity contribution is 6.30. The maximum atomic E-state index is 8.56. The first-order chi connectivity index (χ1) is 8.20. The Morgan fingerprint density at radius 2 is 2.35 bits per heavy atom. The molecule has 1 aromatic rings. The third-order valence-corrected chi connectivity index (χ3v) is 3.09. The quantitative estimate of drug-likeness (QED) is 0.824. The third-order valence-electron chi connectivity index (χ3n) is 2.87. The first-order valence-electron chi connectivity index (χ1n) is 5.70. The zero-order chi connectivity index (χ0) is 12.3. The molecule has 0 radical (unpaired) electrons. The van der Waals surface area contributed by atoms with Crippen LogP contribution in [0.2, 0.25) is 5.02 Å². The van der Waals surface area contributed by atoms with Gasteiger partial charge in [-0.3, -0.25) is 0 Å². The minimum Gasteiger partial charge on any atom is -0.493 e. The number of hydrogen-bond donors (Lipinski definition) is 0. The first-order valence-corrected chi connectivity index (χ1v) is 6.08. The van der Waals surface area contributed by atoms with Crippen LogP contribution >= 0.6 is 11.6 Å². The van der Waals surface area contributed by atoms with Crippen molar-refractivity contribution < 1.29 is 4.74 Å². The van der Waals surface area contributed by atoms with E-state index in [0.29, 0.717) is 6.42 Å². The number of fused-ring (bicyclic) bond motifs is 1. The van der Waals surface area contributed by atoms with Crippen molar-refractivity contribution >= 4 is 11.6 Å². The van der Waals surface area contributed by atoms with Gasteiger partial charge in [-0.2, -0.15) is 5.26 Å². The lowest BCUT2D eigenvalue weighted by molar-refractivity contribution is 0.315. The van der Waals surface area contributed by atoms with Crippen LogP contribution in [0.5, 0.6) is 5.75 Å². The average Bonchev–Trinajstić information content (AvgIpc) is 2.74. The van der Waals surface area contributed by atoms with Gasteiger partial charge in [-0.05, 0) is 24.7 Å². The molecule has 2 rings (SSSR count). The molecule has 1 aliphatic rings. The largest absolute Gasteiger partial charge is 0.493 e. The molecular formula is C13H15ClN2O. The fraction of sp³-hybridized carbons (Fsp3) is 0.462. The lowest BCUT2D eigenvalue weighted by atomic mass is 10.1. The van der Waals surface area contributed by atoms with Crippen LogP contribution in [0.25, 0.3) is 0 Å². The molecule has 0 atom stereocenters. The van der Waals surface area contributed by atoms with Crippen LogP contribution in [-0.4, -0.2) is 25.1 Å². The minimum absolute atomic E-state index is 0.542. The van der Waals surface area contributed by atoms with E-state index in [9.17, 15) is 0 Å². The Balaban J connectivity index is 2.13. The van der Waals surface area contributed by atoms with E-state index in [1.54, 1.807) is 0 Å². The number of ether oxygens (including phenoxy) is 1. The van der Waals surface area contributed by atoms with Gasteiger partial charge < -0.3 is 9.64 Å². The van der Waals surface area contributed by atoms with Gasteiger partial charge in [0.05, 0.1) is 12.7 Å². The summed E-state index contributed by atoms with van der Waals surface area (Å²) in [7, 11) is 2.00. The van der Waals surface area contributed by atoms with Gasteiger partial charge in [0.15, 0.2) is 0 Å². The number of halogens is 1. The van der Waals surface area contributed by atoms with E-state index >= 15 is 0 Å². The molecule has 1 aliphatic heterocycles. The summed E-state index contributed by atoms with van der Waals surface area (Å²) in [6.45, 7) is 2.27. The Bertz CT molecular complexity index is 453. The van der Waals surface area contributed by atoms with Gasteiger partial charge in [-0.15, -0.1) is 0 Å². The van der Waals surface area contributed by atoms with Gasteiger partial charge in [0.25, 0.3) is 0 Å². The number of nitriles is 1. The van der Waals surface area contributed by atoms with E-state index in [0.717, 1.165) is 42.5 Å². The standard InChI is InChI=1S/C13H15ClN2O/c1-16(5-2-4-15)9-11-8-12(14)7-10-3-6-17-13(10)11/h7-8H,2-3,5-6,9H2,1H3. The van der Waals surface area contributed by atoms with E-state index < -0.39 is 0 Å². The lowest BCUT2D eigenvalue weighted by Crippen LogP contribution is -2.19. The highest BCUT2D eigenvalue weighted by Gasteiger charge is 2.18. The predicted molar refractivity (Wildman–Crippen MR) is 67.2 cm³/mol. The molecule has 0 saturated heterocycles. The minimum atomic E-state index is 0.542. The topological polar surface area (TPSA) is 36.3 Å². The Labute approximate surface area is 107 Å². The molecule has 0 unspecified atom stereocenters. The Hall–Kier alpha value is -1.24. The smallest absolute Gasteiger partial charge is 0.127 e. The summed E-state index contributed by atoms with van der Waals surface area (Å²) in [6.07, 6.45) is 1.48. The highest BCUT2D eigenvalue weighted by Crippen LogP contribution is 2.33. The zero-order valence-electron chi connectivity index (χ0n) is 9.87. The molecule has 0 bridgehead atoms. The second-order valence-corrected chi connectivity index (χ2v) is 4.73. The molecule has 0 aliphatic carbocycles. The van der Waals surface area contributed by atoms with Crippen LogP contribution in [0, 0.1) is 11.3 Å². The SMILES string of the molecule is CN(CCC#N)Cc1cc(Cl)cc2c1OCC2. The second kappa shape index (κ2) is 5.39. The zero-order valence-corrected chi connectivity index (χ0v) is 10.6. The molecule has 1 heterocycles. The maximum absolute atomic E-state index is 8.56. The second-order valence-electron chi connectivity index (χ2n) is 4.30.